The molecule has 1 amide bonds. The molecule has 3 rings (SSSR count). The van der Waals surface area contributed by atoms with Crippen molar-refractivity contribution in [1.82, 2.24) is 10.2 Å². The fourth-order valence-electron chi connectivity index (χ4n) is 4.59. The smallest absolute Gasteiger partial charge is 0.217 e. The number of nitrogens with one attached hydrogen (secondary N) is 1. The number of amides is 1. The summed E-state index contributed by atoms with van der Waals surface area (Å²) in [5.41, 5.74) is -1.14. The molecule has 0 bridgehead atoms. The van der Waals surface area contributed by atoms with Crippen molar-refractivity contribution in [2.24, 2.45) is 0 Å². The Morgan fingerprint density at radius 1 is 1.22 bits per heavy atom. The molecule has 2 heterocycles. The molecule has 2 atom stereocenters. The van der Waals surface area contributed by atoms with Gasteiger partial charge in [-0.25, -0.2) is 0 Å². The zero-order valence-electron chi connectivity index (χ0n) is 14.6. The Morgan fingerprint density at radius 2 is 1.87 bits per heavy atom. The minimum absolute atomic E-state index is 0.0769. The largest absolute Gasteiger partial charge is 0.386 e. The van der Waals surface area contributed by atoms with Crippen LogP contribution in [0, 0.1) is 0 Å². The van der Waals surface area contributed by atoms with Gasteiger partial charge in [-0.3, -0.25) is 4.79 Å². The number of nitrogens with zero attached hydrogens (tertiary/aromatic N) is 1. The minimum Gasteiger partial charge on any atom is -0.386 e. The molecule has 0 aromatic carbocycles. The van der Waals surface area contributed by atoms with E-state index in [-0.39, 0.29) is 17.6 Å². The summed E-state index contributed by atoms with van der Waals surface area (Å²) in [6.45, 7) is 5.75. The van der Waals surface area contributed by atoms with E-state index in [4.69, 9.17) is 4.74 Å². The number of aliphatic hydroxyl groups is 1. The molecule has 2 saturated heterocycles. The zero-order chi connectivity index (χ0) is 16.5. The van der Waals surface area contributed by atoms with Gasteiger partial charge in [0.25, 0.3) is 0 Å². The van der Waals surface area contributed by atoms with Gasteiger partial charge in [0, 0.05) is 26.1 Å². The predicted octanol–water partition coefficient (Wildman–Crippen LogP) is 1.83. The molecule has 1 spiro atoms. The highest BCUT2D eigenvalue weighted by molar-refractivity contribution is 5.73. The third-order valence-corrected chi connectivity index (χ3v) is 6.18. The number of ether oxygens (including phenoxy) is 1. The molecular formula is C18H32N2O3. The second-order valence-corrected chi connectivity index (χ2v) is 8.11. The molecule has 132 valence electrons. The zero-order valence-corrected chi connectivity index (χ0v) is 14.6. The van der Waals surface area contributed by atoms with Crippen LogP contribution in [0.25, 0.3) is 0 Å². The van der Waals surface area contributed by atoms with E-state index in [9.17, 15) is 9.90 Å². The van der Waals surface area contributed by atoms with E-state index in [1.165, 1.54) is 39.0 Å². The molecule has 0 unspecified atom stereocenters. The summed E-state index contributed by atoms with van der Waals surface area (Å²) >= 11 is 0. The number of hydrogen-bond acceptors (Lipinski definition) is 4. The standard InChI is InChI=1S/C18H32N2O3/c1-14(21)19-16-12-18(23-13-17(16,2)22)8-10-20(11-9-18)15-6-4-3-5-7-15/h15-16,22H,3-13H2,1-2H3,(H,19,21)/t16-,17-/m0/s1. The first kappa shape index (κ1) is 17.2. The number of likely N-dealkylation sites (tertiary alicyclic amines) is 1. The van der Waals surface area contributed by atoms with Gasteiger partial charge < -0.3 is 20.1 Å². The van der Waals surface area contributed by atoms with Crippen molar-refractivity contribution in [1.29, 1.82) is 0 Å². The molecule has 5 heteroatoms. The first-order valence-corrected chi connectivity index (χ1v) is 9.28. The third-order valence-electron chi connectivity index (χ3n) is 6.18. The van der Waals surface area contributed by atoms with Crippen molar-refractivity contribution >= 4 is 5.91 Å². The molecule has 0 radical (unpaired) electrons. The fourth-order valence-corrected chi connectivity index (χ4v) is 4.59. The van der Waals surface area contributed by atoms with Crippen LogP contribution in [0.2, 0.25) is 0 Å². The van der Waals surface area contributed by atoms with Crippen LogP contribution in [-0.2, 0) is 9.53 Å². The van der Waals surface area contributed by atoms with Crippen LogP contribution < -0.4 is 5.32 Å². The summed E-state index contributed by atoms with van der Waals surface area (Å²) in [6.07, 6.45) is 9.56. The Labute approximate surface area is 139 Å². The lowest BCUT2D eigenvalue weighted by atomic mass is 9.77. The lowest BCUT2D eigenvalue weighted by molar-refractivity contribution is -0.195. The quantitative estimate of drug-likeness (QED) is 0.813. The van der Waals surface area contributed by atoms with Gasteiger partial charge in [0.05, 0.1) is 18.2 Å². The molecule has 5 nitrogen and oxygen atoms in total. The maximum Gasteiger partial charge on any atom is 0.217 e. The number of rotatable bonds is 2. The van der Waals surface area contributed by atoms with Gasteiger partial charge in [0.1, 0.15) is 5.60 Å². The van der Waals surface area contributed by atoms with Crippen LogP contribution in [0.4, 0.5) is 0 Å². The van der Waals surface area contributed by atoms with E-state index < -0.39 is 5.60 Å². The van der Waals surface area contributed by atoms with E-state index in [0.717, 1.165) is 38.4 Å². The third kappa shape index (κ3) is 3.89. The van der Waals surface area contributed by atoms with E-state index in [0.29, 0.717) is 6.61 Å². The highest BCUT2D eigenvalue weighted by atomic mass is 16.5. The second kappa shape index (κ2) is 6.69. The van der Waals surface area contributed by atoms with Crippen molar-refractivity contribution in [2.75, 3.05) is 19.7 Å². The highest BCUT2D eigenvalue weighted by Gasteiger charge is 2.49. The molecule has 3 aliphatic rings. The van der Waals surface area contributed by atoms with Crippen LogP contribution in [-0.4, -0.2) is 58.9 Å². The Morgan fingerprint density at radius 3 is 2.48 bits per heavy atom. The molecular weight excluding hydrogens is 292 g/mol. The summed E-state index contributed by atoms with van der Waals surface area (Å²) < 4.78 is 6.14. The van der Waals surface area contributed by atoms with E-state index >= 15 is 0 Å². The molecule has 0 aromatic heterocycles. The molecule has 2 aliphatic heterocycles. The van der Waals surface area contributed by atoms with Crippen molar-refractivity contribution < 1.29 is 14.6 Å². The molecule has 3 fully saturated rings. The average molecular weight is 324 g/mol. The molecule has 1 aliphatic carbocycles. The van der Waals surface area contributed by atoms with E-state index in [1.54, 1.807) is 6.92 Å². The van der Waals surface area contributed by atoms with Gasteiger partial charge in [0.15, 0.2) is 0 Å². The van der Waals surface area contributed by atoms with Crippen molar-refractivity contribution in [2.45, 2.75) is 88.5 Å². The van der Waals surface area contributed by atoms with Crippen molar-refractivity contribution in [3.05, 3.63) is 0 Å². The predicted molar refractivity (Wildman–Crippen MR) is 89.2 cm³/mol. The lowest BCUT2D eigenvalue weighted by Crippen LogP contribution is -2.64. The normalized spacial score (nSPS) is 36.0. The van der Waals surface area contributed by atoms with E-state index in [2.05, 4.69) is 10.2 Å². The first-order chi connectivity index (χ1) is 10.9. The summed E-state index contributed by atoms with van der Waals surface area (Å²) in [4.78, 5) is 14.1. The Hall–Kier alpha value is -0.650. The van der Waals surface area contributed by atoms with Gasteiger partial charge in [-0.2, -0.15) is 0 Å². The van der Waals surface area contributed by atoms with Crippen molar-refractivity contribution in [3.63, 3.8) is 0 Å². The average Bonchev–Trinajstić information content (AvgIpc) is 2.53. The van der Waals surface area contributed by atoms with Gasteiger partial charge >= 0.3 is 0 Å². The molecule has 23 heavy (non-hydrogen) atoms. The maximum absolute atomic E-state index is 11.5. The van der Waals surface area contributed by atoms with Gasteiger partial charge in [-0.1, -0.05) is 19.3 Å². The first-order valence-electron chi connectivity index (χ1n) is 9.28. The summed E-state index contributed by atoms with van der Waals surface area (Å²) in [5, 5.41) is 13.4. The highest BCUT2D eigenvalue weighted by Crippen LogP contribution is 2.39. The molecule has 2 N–H and O–H groups in total. The number of carbonyl (C=O) groups excluding carboxylic acids is 1. The summed E-state index contributed by atoms with van der Waals surface area (Å²) in [6, 6.07) is 0.550. The van der Waals surface area contributed by atoms with Crippen molar-refractivity contribution in [3.8, 4) is 0 Å². The number of carbonyl (C=O) groups is 1. The Kier molecular flexibility index (Phi) is 5.00. The topological polar surface area (TPSA) is 61.8 Å². The summed E-state index contributed by atoms with van der Waals surface area (Å²) in [7, 11) is 0. The lowest BCUT2D eigenvalue weighted by Gasteiger charge is -2.52. The van der Waals surface area contributed by atoms with Crippen LogP contribution in [0.3, 0.4) is 0 Å². The van der Waals surface area contributed by atoms with Crippen LogP contribution in [0.5, 0.6) is 0 Å². The fraction of sp³-hybridized carbons (Fsp3) is 0.944. The Bertz CT molecular complexity index is 424. The maximum atomic E-state index is 11.5. The van der Waals surface area contributed by atoms with Gasteiger partial charge in [-0.15, -0.1) is 0 Å². The number of piperidine rings is 1. The van der Waals surface area contributed by atoms with Crippen LogP contribution in [0.15, 0.2) is 0 Å². The minimum atomic E-state index is -0.975. The van der Waals surface area contributed by atoms with Crippen LogP contribution >= 0.6 is 0 Å². The SMILES string of the molecule is CC(=O)N[C@H]1CC2(CCN(C3CCCCC3)CC2)OC[C@]1(C)O. The Balaban J connectivity index is 1.59. The molecule has 1 saturated carbocycles. The monoisotopic (exact) mass is 324 g/mol. The van der Waals surface area contributed by atoms with E-state index in [1.807, 2.05) is 0 Å². The van der Waals surface area contributed by atoms with Gasteiger partial charge in [0.2, 0.25) is 5.91 Å². The van der Waals surface area contributed by atoms with Crippen LogP contribution in [0.1, 0.15) is 65.2 Å². The second-order valence-electron chi connectivity index (χ2n) is 8.11. The number of hydrogen-bond donors (Lipinski definition) is 2. The summed E-state index contributed by atoms with van der Waals surface area (Å²) in [5.74, 6) is -0.0769. The van der Waals surface area contributed by atoms with Gasteiger partial charge in [-0.05, 0) is 39.0 Å². The molecule has 0 aromatic rings.